The summed E-state index contributed by atoms with van der Waals surface area (Å²) in [6.45, 7) is 1.41. The number of carbonyl (C=O) groups excluding carboxylic acids is 1. The number of nitrogens with one attached hydrogen (secondary N) is 3. The normalized spacial score (nSPS) is 11.0. The van der Waals surface area contributed by atoms with Crippen LogP contribution in [0.5, 0.6) is 0 Å². The molecule has 0 saturated carbocycles. The number of rotatable bonds is 5. The molecule has 7 nitrogen and oxygen atoms in total. The SMILES string of the molecule is CC(=O)Nc1ccc(Nc2cnnc(Nc3ccccc3C(F)(F)F)n2)cc1. The Morgan fingerprint density at radius 1 is 0.964 bits per heavy atom. The van der Waals surface area contributed by atoms with E-state index in [2.05, 4.69) is 31.1 Å². The number of nitrogens with zero attached hydrogens (tertiary/aromatic N) is 3. The minimum absolute atomic E-state index is 0.0865. The fourth-order valence-corrected chi connectivity index (χ4v) is 2.36. The highest BCUT2D eigenvalue weighted by molar-refractivity contribution is 5.88. The van der Waals surface area contributed by atoms with Gasteiger partial charge in [0.15, 0.2) is 5.82 Å². The molecule has 3 aromatic rings. The highest BCUT2D eigenvalue weighted by Gasteiger charge is 2.33. The standard InChI is InChI=1S/C18H15F3N6O/c1-11(28)23-12-6-8-13(9-7-12)24-16-10-22-27-17(26-16)25-15-5-3-2-4-14(15)18(19,20)21/h2-10H,1H3,(H,23,28)(H2,24,25,26,27). The molecule has 0 saturated heterocycles. The molecule has 144 valence electrons. The lowest BCUT2D eigenvalue weighted by atomic mass is 10.1. The van der Waals surface area contributed by atoms with Crippen LogP contribution in [0.25, 0.3) is 0 Å². The van der Waals surface area contributed by atoms with Gasteiger partial charge in [-0.25, -0.2) is 0 Å². The van der Waals surface area contributed by atoms with E-state index >= 15 is 0 Å². The molecule has 0 aliphatic heterocycles. The maximum absolute atomic E-state index is 13.1. The molecule has 28 heavy (non-hydrogen) atoms. The molecule has 0 atom stereocenters. The molecule has 1 heterocycles. The molecule has 1 aromatic heterocycles. The second kappa shape index (κ2) is 7.91. The summed E-state index contributed by atoms with van der Waals surface area (Å²) < 4.78 is 39.3. The van der Waals surface area contributed by atoms with Gasteiger partial charge in [0.25, 0.3) is 0 Å². The summed E-state index contributed by atoms with van der Waals surface area (Å²) in [4.78, 5) is 15.2. The van der Waals surface area contributed by atoms with Crippen LogP contribution in [0.4, 0.5) is 42.0 Å². The van der Waals surface area contributed by atoms with Gasteiger partial charge in [0, 0.05) is 18.3 Å². The van der Waals surface area contributed by atoms with Gasteiger partial charge < -0.3 is 16.0 Å². The van der Waals surface area contributed by atoms with Crippen LogP contribution in [-0.4, -0.2) is 21.1 Å². The second-order valence-corrected chi connectivity index (χ2v) is 5.72. The summed E-state index contributed by atoms with van der Waals surface area (Å²) in [7, 11) is 0. The van der Waals surface area contributed by atoms with E-state index < -0.39 is 11.7 Å². The zero-order chi connectivity index (χ0) is 20.1. The minimum atomic E-state index is -4.51. The number of para-hydroxylation sites is 1. The van der Waals surface area contributed by atoms with Gasteiger partial charge in [0.05, 0.1) is 17.4 Å². The van der Waals surface area contributed by atoms with Crippen molar-refractivity contribution in [1.82, 2.24) is 15.2 Å². The summed E-state index contributed by atoms with van der Waals surface area (Å²) in [6.07, 6.45) is -3.18. The first kappa shape index (κ1) is 19.1. The Morgan fingerprint density at radius 2 is 1.64 bits per heavy atom. The van der Waals surface area contributed by atoms with Gasteiger partial charge in [-0.05, 0) is 36.4 Å². The minimum Gasteiger partial charge on any atom is -0.339 e. The molecule has 0 unspecified atom stereocenters. The molecular formula is C18H15F3N6O. The third-order valence-corrected chi connectivity index (χ3v) is 3.52. The van der Waals surface area contributed by atoms with Crippen molar-refractivity contribution in [2.45, 2.75) is 13.1 Å². The van der Waals surface area contributed by atoms with Crippen molar-refractivity contribution < 1.29 is 18.0 Å². The Morgan fingerprint density at radius 3 is 2.32 bits per heavy atom. The van der Waals surface area contributed by atoms with E-state index in [0.717, 1.165) is 6.07 Å². The lowest BCUT2D eigenvalue weighted by Gasteiger charge is -2.13. The zero-order valence-electron chi connectivity index (χ0n) is 14.6. The van der Waals surface area contributed by atoms with Gasteiger partial charge in [0.2, 0.25) is 11.9 Å². The fourth-order valence-electron chi connectivity index (χ4n) is 2.36. The fraction of sp³-hybridized carbons (Fsp3) is 0.111. The quantitative estimate of drug-likeness (QED) is 0.602. The molecule has 10 heteroatoms. The van der Waals surface area contributed by atoms with Crippen LogP contribution in [0.15, 0.2) is 54.7 Å². The van der Waals surface area contributed by atoms with Crippen molar-refractivity contribution in [2.75, 3.05) is 16.0 Å². The van der Waals surface area contributed by atoms with Crippen molar-refractivity contribution in [3.63, 3.8) is 0 Å². The maximum Gasteiger partial charge on any atom is 0.418 e. The van der Waals surface area contributed by atoms with E-state index in [-0.39, 0.29) is 23.4 Å². The van der Waals surface area contributed by atoms with Crippen LogP contribution in [-0.2, 0) is 11.0 Å². The van der Waals surface area contributed by atoms with Gasteiger partial charge in [-0.15, -0.1) is 5.10 Å². The van der Waals surface area contributed by atoms with Crippen molar-refractivity contribution in [3.8, 4) is 0 Å². The van der Waals surface area contributed by atoms with E-state index in [1.54, 1.807) is 24.3 Å². The molecule has 2 aromatic carbocycles. The van der Waals surface area contributed by atoms with Crippen molar-refractivity contribution in [3.05, 3.63) is 60.3 Å². The Labute approximate surface area is 158 Å². The van der Waals surface area contributed by atoms with E-state index in [9.17, 15) is 18.0 Å². The van der Waals surface area contributed by atoms with Crippen molar-refractivity contribution in [1.29, 1.82) is 0 Å². The van der Waals surface area contributed by atoms with Crippen LogP contribution in [0, 0.1) is 0 Å². The van der Waals surface area contributed by atoms with Crippen molar-refractivity contribution in [2.24, 2.45) is 0 Å². The number of anilines is 5. The third-order valence-electron chi connectivity index (χ3n) is 3.52. The van der Waals surface area contributed by atoms with E-state index in [4.69, 9.17) is 0 Å². The molecule has 0 radical (unpaired) electrons. The number of halogens is 3. The van der Waals surface area contributed by atoms with Gasteiger partial charge in [-0.2, -0.15) is 23.3 Å². The number of carbonyl (C=O) groups is 1. The molecule has 0 spiro atoms. The van der Waals surface area contributed by atoms with Crippen LogP contribution in [0.3, 0.4) is 0 Å². The number of hydrogen-bond donors (Lipinski definition) is 3. The average molecular weight is 388 g/mol. The maximum atomic E-state index is 13.1. The summed E-state index contributed by atoms with van der Waals surface area (Å²) in [5.74, 6) is 0.0152. The Bertz CT molecular complexity index is 976. The first-order valence-electron chi connectivity index (χ1n) is 8.09. The summed E-state index contributed by atoms with van der Waals surface area (Å²) >= 11 is 0. The van der Waals surface area contributed by atoms with Gasteiger partial charge in [0.1, 0.15) is 0 Å². The van der Waals surface area contributed by atoms with E-state index in [0.29, 0.717) is 11.4 Å². The predicted molar refractivity (Wildman–Crippen MR) is 98.6 cm³/mol. The average Bonchev–Trinajstić information content (AvgIpc) is 2.63. The zero-order valence-corrected chi connectivity index (χ0v) is 14.6. The number of benzene rings is 2. The smallest absolute Gasteiger partial charge is 0.339 e. The summed E-state index contributed by atoms with van der Waals surface area (Å²) in [5.41, 5.74) is 0.278. The molecule has 0 aliphatic rings. The Balaban J connectivity index is 1.76. The lowest BCUT2D eigenvalue weighted by molar-refractivity contribution is -0.136. The van der Waals surface area contributed by atoms with Gasteiger partial charge in [-0.1, -0.05) is 12.1 Å². The number of alkyl halides is 3. The monoisotopic (exact) mass is 388 g/mol. The van der Waals surface area contributed by atoms with Crippen molar-refractivity contribution >= 4 is 34.7 Å². The molecule has 0 bridgehead atoms. The van der Waals surface area contributed by atoms with Crippen LogP contribution in [0.1, 0.15) is 12.5 Å². The Kier molecular flexibility index (Phi) is 5.39. The van der Waals surface area contributed by atoms with E-state index in [1.807, 2.05) is 0 Å². The topological polar surface area (TPSA) is 91.8 Å². The second-order valence-electron chi connectivity index (χ2n) is 5.72. The highest BCUT2D eigenvalue weighted by atomic mass is 19.4. The molecule has 3 N–H and O–H groups in total. The highest BCUT2D eigenvalue weighted by Crippen LogP contribution is 2.35. The molecule has 1 amide bonds. The summed E-state index contributed by atoms with van der Waals surface area (Å²) in [5, 5.41) is 15.6. The number of hydrogen-bond acceptors (Lipinski definition) is 6. The molecule has 0 aliphatic carbocycles. The number of aromatic nitrogens is 3. The third kappa shape index (κ3) is 4.93. The molecular weight excluding hydrogens is 373 g/mol. The van der Waals surface area contributed by atoms with Crippen LogP contribution >= 0.6 is 0 Å². The largest absolute Gasteiger partial charge is 0.418 e. The predicted octanol–water partition coefficient (Wildman–Crippen LogP) is 4.34. The molecule has 0 fully saturated rings. The first-order chi connectivity index (χ1) is 13.3. The number of amides is 1. The van der Waals surface area contributed by atoms with Crippen LogP contribution in [0.2, 0.25) is 0 Å². The Hall–Kier alpha value is -3.69. The van der Waals surface area contributed by atoms with Gasteiger partial charge >= 0.3 is 6.18 Å². The van der Waals surface area contributed by atoms with E-state index in [1.165, 1.54) is 31.3 Å². The lowest BCUT2D eigenvalue weighted by Crippen LogP contribution is -2.10. The van der Waals surface area contributed by atoms with Gasteiger partial charge in [-0.3, -0.25) is 4.79 Å². The molecule has 3 rings (SSSR count). The summed E-state index contributed by atoms with van der Waals surface area (Å²) in [6, 6.07) is 11.8. The first-order valence-corrected chi connectivity index (χ1v) is 8.09. The van der Waals surface area contributed by atoms with Crippen LogP contribution < -0.4 is 16.0 Å².